The molecular weight excluding hydrogens is 1060 g/mol. The van der Waals surface area contributed by atoms with Crippen LogP contribution in [-0.4, -0.2) is 117 Å². The fraction of sp³-hybridized carbons (Fsp3) is 0.281. The summed E-state index contributed by atoms with van der Waals surface area (Å²) in [6, 6.07) is 28.8. The van der Waals surface area contributed by atoms with Gasteiger partial charge in [-0.2, -0.15) is 0 Å². The first kappa shape index (κ1) is 57.5. The maximum Gasteiger partial charge on any atom is 0.228 e. The van der Waals surface area contributed by atoms with E-state index in [2.05, 4.69) is 45.9 Å². The summed E-state index contributed by atoms with van der Waals surface area (Å²) in [4.78, 5) is 83.3. The third-order valence-electron chi connectivity index (χ3n) is 15.4. The average molecular weight is 1130 g/mol. The molecule has 3 fully saturated rings. The van der Waals surface area contributed by atoms with Gasteiger partial charge in [0.15, 0.2) is 5.82 Å². The van der Waals surface area contributed by atoms with Crippen LogP contribution in [0.25, 0.3) is 28.1 Å². The highest BCUT2D eigenvalue weighted by Gasteiger charge is 2.32. The number of nitrogen functional groups attached to an aromatic ring is 3. The van der Waals surface area contributed by atoms with Crippen molar-refractivity contribution in [2.45, 2.75) is 76.5 Å². The van der Waals surface area contributed by atoms with E-state index in [1.54, 1.807) is 53.8 Å². The quantitative estimate of drug-likeness (QED) is 0.103. The summed E-state index contributed by atoms with van der Waals surface area (Å²) in [6.45, 7) is 7.75. The molecule has 3 saturated heterocycles. The molecule has 0 spiro atoms. The van der Waals surface area contributed by atoms with Crippen LogP contribution >= 0.6 is 0 Å². The Kier molecular flexibility index (Phi) is 18.1. The van der Waals surface area contributed by atoms with Gasteiger partial charge in [-0.1, -0.05) is 42.5 Å². The molecule has 9 heterocycles. The van der Waals surface area contributed by atoms with E-state index < -0.39 is 5.82 Å². The molecule has 3 atom stereocenters. The van der Waals surface area contributed by atoms with Crippen LogP contribution in [0.4, 0.5) is 25.8 Å². The lowest BCUT2D eigenvalue weighted by Gasteiger charge is -2.17. The summed E-state index contributed by atoms with van der Waals surface area (Å²) in [5.74, 6) is 1.77. The standard InChI is InChI=1S/C22H22FN5O.C22H23N5O.C20H20FN5O/c1-14-8-10-25-22(26-14)16-9-11-28(13-16)21(29)12-20-18(24)6-7-19(27-20)15-2-4-17(23)5-3-15;1-15-5-2-3-6-17(15)19-8-7-18(23)20(26-19)13-21(28)27-12-9-16(14-27)22-24-10-4-11-25-22;21-15-10-23-20(24-11-15)14-7-8-26(12-14)19(27)9-18-16(22)5-6-17(25-18)13-3-1-2-4-13/h2-8,10,16H,9,11-13,24H2,1H3;2-8,10-11,16H,9,12-14,23H2,1H3;1-3,5-6,10-11,14H,4,7-9,12,22H2. The summed E-state index contributed by atoms with van der Waals surface area (Å²) in [5.41, 5.74) is 28.9. The van der Waals surface area contributed by atoms with Crippen LogP contribution in [0, 0.1) is 25.5 Å². The van der Waals surface area contributed by atoms with Gasteiger partial charge in [0.05, 0.1) is 82.9 Å². The van der Waals surface area contributed by atoms with Crippen molar-refractivity contribution in [3.8, 4) is 22.5 Å². The van der Waals surface area contributed by atoms with Gasteiger partial charge in [0.25, 0.3) is 0 Å². The molecule has 1 aliphatic carbocycles. The molecule has 12 rings (SSSR count). The van der Waals surface area contributed by atoms with E-state index in [0.29, 0.717) is 84.9 Å². The van der Waals surface area contributed by atoms with Crippen molar-refractivity contribution in [3.05, 3.63) is 209 Å². The first-order chi connectivity index (χ1) is 40.7. The molecule has 3 amide bonds. The highest BCUT2D eigenvalue weighted by atomic mass is 19.1. The Morgan fingerprint density at radius 1 is 0.512 bits per heavy atom. The molecule has 6 aromatic heterocycles. The number of hydrogen-bond donors (Lipinski definition) is 3. The number of hydrogen-bond acceptors (Lipinski definition) is 15. The van der Waals surface area contributed by atoms with E-state index in [-0.39, 0.29) is 60.6 Å². The van der Waals surface area contributed by atoms with E-state index in [0.717, 1.165) is 89.1 Å². The van der Waals surface area contributed by atoms with Gasteiger partial charge in [0, 0.05) is 92.4 Å². The molecule has 0 saturated carbocycles. The molecule has 20 heteroatoms. The van der Waals surface area contributed by atoms with Crippen molar-refractivity contribution < 1.29 is 23.2 Å². The number of amides is 3. The molecule has 3 aliphatic heterocycles. The normalized spacial score (nSPS) is 17.1. The van der Waals surface area contributed by atoms with Gasteiger partial charge >= 0.3 is 0 Å². The monoisotopic (exact) mass is 1130 g/mol. The minimum absolute atomic E-state index is 0.0180. The number of benzene rings is 2. The van der Waals surface area contributed by atoms with E-state index in [4.69, 9.17) is 22.2 Å². The van der Waals surface area contributed by atoms with Crippen LogP contribution in [0.2, 0.25) is 0 Å². The zero-order valence-electron chi connectivity index (χ0n) is 46.9. The summed E-state index contributed by atoms with van der Waals surface area (Å²) >= 11 is 0. The van der Waals surface area contributed by atoms with Gasteiger partial charge in [-0.25, -0.2) is 38.7 Å². The van der Waals surface area contributed by atoms with Crippen LogP contribution in [0.1, 0.15) is 94.9 Å². The molecule has 428 valence electrons. The van der Waals surface area contributed by atoms with Gasteiger partial charge in [-0.05, 0) is 123 Å². The molecule has 0 bridgehead atoms. The molecule has 3 unspecified atom stereocenters. The lowest BCUT2D eigenvalue weighted by molar-refractivity contribution is -0.130. The molecule has 4 aliphatic rings. The van der Waals surface area contributed by atoms with Crippen molar-refractivity contribution in [3.63, 3.8) is 0 Å². The van der Waals surface area contributed by atoms with Crippen LogP contribution in [-0.2, 0) is 33.6 Å². The number of anilines is 3. The molecular formula is C64H65F2N15O3. The number of carbonyl (C=O) groups excluding carboxylic acids is 3. The number of nitrogens with two attached hydrogens (primary N) is 3. The Morgan fingerprint density at radius 2 is 1.00 bits per heavy atom. The SMILES string of the molecule is Cc1ccccc1-c1ccc(N)c(CC(=O)N2CCC(c3ncccn3)C2)n1.Cc1ccnc(C2CCN(C(=O)Cc3nc(-c4ccc(F)cc4)ccc3N)C2)n1.Nc1ccc(C2=CC=CC2)nc1CC(=O)N1CCC(c2ncc(F)cn2)C1. The largest absolute Gasteiger partial charge is 0.397 e. The number of halogens is 2. The van der Waals surface area contributed by atoms with Crippen LogP contribution < -0.4 is 17.2 Å². The molecule has 6 N–H and O–H groups in total. The predicted molar refractivity (Wildman–Crippen MR) is 317 cm³/mol. The fourth-order valence-electron chi connectivity index (χ4n) is 10.6. The number of carbonyl (C=O) groups is 3. The number of aryl methyl sites for hydroxylation is 2. The first-order valence-electron chi connectivity index (χ1n) is 28.0. The lowest BCUT2D eigenvalue weighted by atomic mass is 10.0. The zero-order chi connectivity index (χ0) is 58.7. The lowest BCUT2D eigenvalue weighted by Crippen LogP contribution is -2.30. The van der Waals surface area contributed by atoms with Crippen molar-refractivity contribution in [2.24, 2.45) is 0 Å². The number of likely N-dealkylation sites (tertiary alicyclic amines) is 3. The van der Waals surface area contributed by atoms with Gasteiger partial charge in [0.1, 0.15) is 23.3 Å². The minimum atomic E-state index is -0.460. The second kappa shape index (κ2) is 26.5. The summed E-state index contributed by atoms with van der Waals surface area (Å²) in [6.07, 6.45) is 17.5. The Hall–Kier alpha value is -9.72. The Labute approximate surface area is 486 Å². The third-order valence-corrected chi connectivity index (χ3v) is 15.4. The van der Waals surface area contributed by atoms with Gasteiger partial charge in [-0.15, -0.1) is 0 Å². The number of rotatable bonds is 12. The highest BCUT2D eigenvalue weighted by molar-refractivity contribution is 5.82. The maximum absolute atomic E-state index is 13.2. The summed E-state index contributed by atoms with van der Waals surface area (Å²) in [7, 11) is 0. The van der Waals surface area contributed by atoms with Crippen LogP contribution in [0.3, 0.4) is 0 Å². The van der Waals surface area contributed by atoms with Crippen LogP contribution in [0.15, 0.2) is 146 Å². The van der Waals surface area contributed by atoms with Crippen molar-refractivity contribution >= 4 is 40.4 Å². The van der Waals surface area contributed by atoms with Crippen molar-refractivity contribution in [1.29, 1.82) is 0 Å². The zero-order valence-corrected chi connectivity index (χ0v) is 46.9. The van der Waals surface area contributed by atoms with Crippen LogP contribution in [0.5, 0.6) is 0 Å². The Balaban J connectivity index is 0.000000140. The second-order valence-corrected chi connectivity index (χ2v) is 21.3. The average Bonchev–Trinajstić information content (AvgIpc) is 4.54. The first-order valence-corrected chi connectivity index (χ1v) is 28.0. The number of aromatic nitrogens is 9. The van der Waals surface area contributed by atoms with E-state index >= 15 is 0 Å². The van der Waals surface area contributed by atoms with Crippen molar-refractivity contribution in [1.82, 2.24) is 59.6 Å². The maximum atomic E-state index is 13.2. The highest BCUT2D eigenvalue weighted by Crippen LogP contribution is 2.31. The Bertz CT molecular complexity index is 3720. The summed E-state index contributed by atoms with van der Waals surface area (Å²) in [5, 5.41) is 0. The van der Waals surface area contributed by atoms with E-state index in [1.807, 2.05) is 90.4 Å². The summed E-state index contributed by atoms with van der Waals surface area (Å²) < 4.78 is 26.2. The second-order valence-electron chi connectivity index (χ2n) is 21.3. The van der Waals surface area contributed by atoms with Gasteiger partial charge < -0.3 is 31.9 Å². The number of pyridine rings is 3. The topological polar surface area (TPSA) is 255 Å². The third kappa shape index (κ3) is 14.3. The minimum Gasteiger partial charge on any atom is -0.397 e. The molecule has 8 aromatic rings. The number of nitrogens with zero attached hydrogens (tertiary/aromatic N) is 12. The molecule has 84 heavy (non-hydrogen) atoms. The van der Waals surface area contributed by atoms with E-state index in [9.17, 15) is 23.2 Å². The number of allylic oxidation sites excluding steroid dienone is 4. The fourth-order valence-corrected chi connectivity index (χ4v) is 10.6. The van der Waals surface area contributed by atoms with E-state index in [1.165, 1.54) is 12.1 Å². The molecule has 2 aromatic carbocycles. The van der Waals surface area contributed by atoms with Crippen molar-refractivity contribution in [2.75, 3.05) is 56.5 Å². The van der Waals surface area contributed by atoms with Gasteiger partial charge in [0.2, 0.25) is 17.7 Å². The molecule has 18 nitrogen and oxygen atoms in total. The van der Waals surface area contributed by atoms with Gasteiger partial charge in [-0.3, -0.25) is 29.3 Å². The smallest absolute Gasteiger partial charge is 0.228 e. The Morgan fingerprint density at radius 3 is 1.54 bits per heavy atom. The molecule has 0 radical (unpaired) electrons. The predicted octanol–water partition coefficient (Wildman–Crippen LogP) is 8.61.